The fourth-order valence-electron chi connectivity index (χ4n) is 5.44. The SMILES string of the molecule is O=C1CS[C@]2(C(=O)N(CN3CC[C@@H](c4ccccc4)C3)c3ccccc32)N1c1ccc(F)cc1. The zero-order chi connectivity index (χ0) is 23.3. The van der Waals surface area contributed by atoms with Gasteiger partial charge in [0.15, 0.2) is 0 Å². The zero-order valence-electron chi connectivity index (χ0n) is 18.6. The number of carbonyl (C=O) groups is 2. The molecule has 1 spiro atoms. The highest BCUT2D eigenvalue weighted by Crippen LogP contribution is 2.55. The molecule has 172 valence electrons. The van der Waals surface area contributed by atoms with Crippen LogP contribution in [0.25, 0.3) is 0 Å². The predicted octanol–water partition coefficient (Wildman–Crippen LogP) is 4.55. The molecule has 7 heteroatoms. The average molecular weight is 474 g/mol. The lowest BCUT2D eigenvalue weighted by Crippen LogP contribution is -2.51. The molecule has 3 heterocycles. The van der Waals surface area contributed by atoms with Crippen molar-refractivity contribution in [2.75, 3.05) is 35.3 Å². The Bertz CT molecular complexity index is 1250. The monoisotopic (exact) mass is 473 g/mol. The first kappa shape index (κ1) is 21.4. The first-order chi connectivity index (χ1) is 16.6. The predicted molar refractivity (Wildman–Crippen MR) is 132 cm³/mol. The molecule has 0 bridgehead atoms. The minimum absolute atomic E-state index is 0.114. The average Bonchev–Trinajstić information content (AvgIpc) is 3.54. The van der Waals surface area contributed by atoms with Gasteiger partial charge in [-0.25, -0.2) is 4.39 Å². The van der Waals surface area contributed by atoms with Crippen LogP contribution >= 0.6 is 11.8 Å². The van der Waals surface area contributed by atoms with E-state index in [4.69, 9.17) is 0 Å². The number of amides is 2. The molecular weight excluding hydrogens is 449 g/mol. The van der Waals surface area contributed by atoms with Crippen molar-refractivity contribution in [2.24, 2.45) is 0 Å². The molecule has 2 fully saturated rings. The molecule has 34 heavy (non-hydrogen) atoms. The fourth-order valence-corrected chi connectivity index (χ4v) is 6.80. The molecule has 5 nitrogen and oxygen atoms in total. The molecule has 0 unspecified atom stereocenters. The van der Waals surface area contributed by atoms with E-state index in [1.807, 2.05) is 35.2 Å². The standard InChI is InChI=1S/C27H24FN3O2S/c28-21-10-12-22(13-11-21)31-25(32)17-34-27(31)23-8-4-5-9-24(23)30(26(27)33)18-29-15-14-20(16-29)19-6-2-1-3-7-19/h1-13,20H,14-18H2/t20-,27-/m1/s1. The Kier molecular flexibility index (Phi) is 5.19. The molecule has 0 radical (unpaired) electrons. The van der Waals surface area contributed by atoms with Gasteiger partial charge in [-0.15, -0.1) is 11.8 Å². The molecule has 0 saturated carbocycles. The van der Waals surface area contributed by atoms with E-state index in [-0.39, 0.29) is 23.4 Å². The highest BCUT2D eigenvalue weighted by atomic mass is 32.2. The molecule has 3 aliphatic heterocycles. The highest BCUT2D eigenvalue weighted by molar-refractivity contribution is 8.02. The van der Waals surface area contributed by atoms with Gasteiger partial charge < -0.3 is 0 Å². The summed E-state index contributed by atoms with van der Waals surface area (Å²) in [5.74, 6) is 0.00884. The Morgan fingerprint density at radius 1 is 0.941 bits per heavy atom. The minimum atomic E-state index is -1.16. The van der Waals surface area contributed by atoms with E-state index in [0.717, 1.165) is 30.8 Å². The van der Waals surface area contributed by atoms with E-state index in [0.29, 0.717) is 18.3 Å². The van der Waals surface area contributed by atoms with Crippen molar-refractivity contribution >= 4 is 35.0 Å². The summed E-state index contributed by atoms with van der Waals surface area (Å²) in [5, 5.41) is 0. The number of rotatable bonds is 4. The van der Waals surface area contributed by atoms with Crippen LogP contribution in [-0.4, -0.2) is 42.2 Å². The molecule has 0 N–H and O–H groups in total. The van der Waals surface area contributed by atoms with Gasteiger partial charge in [0.1, 0.15) is 5.82 Å². The van der Waals surface area contributed by atoms with Crippen molar-refractivity contribution in [3.63, 3.8) is 0 Å². The molecular formula is C27H24FN3O2S. The number of halogens is 1. The van der Waals surface area contributed by atoms with Gasteiger partial charge in [0.05, 0.1) is 18.1 Å². The number of hydrogen-bond acceptors (Lipinski definition) is 4. The second-order valence-electron chi connectivity index (χ2n) is 9.00. The van der Waals surface area contributed by atoms with Gasteiger partial charge in [0.25, 0.3) is 5.91 Å². The van der Waals surface area contributed by atoms with Crippen molar-refractivity contribution in [1.29, 1.82) is 0 Å². The van der Waals surface area contributed by atoms with Crippen LogP contribution in [0.1, 0.15) is 23.5 Å². The minimum Gasteiger partial charge on any atom is -0.295 e. The molecule has 2 saturated heterocycles. The summed E-state index contributed by atoms with van der Waals surface area (Å²) in [6.45, 7) is 2.27. The number of benzene rings is 3. The number of anilines is 2. The van der Waals surface area contributed by atoms with Crippen molar-refractivity contribution in [1.82, 2.24) is 4.90 Å². The number of likely N-dealkylation sites (tertiary alicyclic amines) is 1. The van der Waals surface area contributed by atoms with E-state index >= 15 is 0 Å². The van der Waals surface area contributed by atoms with Crippen LogP contribution in [0.15, 0.2) is 78.9 Å². The van der Waals surface area contributed by atoms with Gasteiger partial charge in [-0.2, -0.15) is 0 Å². The second kappa shape index (κ2) is 8.25. The third-order valence-electron chi connectivity index (χ3n) is 7.03. The van der Waals surface area contributed by atoms with Crippen LogP contribution in [-0.2, 0) is 14.5 Å². The summed E-state index contributed by atoms with van der Waals surface area (Å²) < 4.78 is 13.6. The largest absolute Gasteiger partial charge is 0.295 e. The van der Waals surface area contributed by atoms with E-state index in [2.05, 4.69) is 29.2 Å². The van der Waals surface area contributed by atoms with Gasteiger partial charge in [-0.05, 0) is 48.2 Å². The number of thioether (sulfide) groups is 1. The van der Waals surface area contributed by atoms with Gasteiger partial charge >= 0.3 is 0 Å². The summed E-state index contributed by atoms with van der Waals surface area (Å²) >= 11 is 1.35. The fraction of sp³-hybridized carbons (Fsp3) is 0.259. The van der Waals surface area contributed by atoms with Crippen LogP contribution in [0.3, 0.4) is 0 Å². The van der Waals surface area contributed by atoms with E-state index < -0.39 is 4.87 Å². The second-order valence-corrected chi connectivity index (χ2v) is 10.2. The molecule has 3 aromatic rings. The highest BCUT2D eigenvalue weighted by Gasteiger charge is 2.61. The first-order valence-electron chi connectivity index (χ1n) is 11.5. The lowest BCUT2D eigenvalue weighted by atomic mass is 9.99. The van der Waals surface area contributed by atoms with Crippen molar-refractivity contribution < 1.29 is 14.0 Å². The Hall–Kier alpha value is -3.16. The molecule has 3 aliphatic rings. The van der Waals surface area contributed by atoms with Gasteiger partial charge in [0, 0.05) is 24.3 Å². The lowest BCUT2D eigenvalue weighted by Gasteiger charge is -2.33. The van der Waals surface area contributed by atoms with Gasteiger partial charge in [0.2, 0.25) is 10.8 Å². The van der Waals surface area contributed by atoms with Crippen LogP contribution in [0.2, 0.25) is 0 Å². The summed E-state index contributed by atoms with van der Waals surface area (Å²) in [6.07, 6.45) is 1.05. The number of para-hydroxylation sites is 1. The Morgan fingerprint density at radius 2 is 1.68 bits per heavy atom. The van der Waals surface area contributed by atoms with Crippen LogP contribution in [0.4, 0.5) is 15.8 Å². The zero-order valence-corrected chi connectivity index (χ0v) is 19.4. The van der Waals surface area contributed by atoms with E-state index in [1.165, 1.54) is 29.5 Å². The van der Waals surface area contributed by atoms with Crippen LogP contribution in [0, 0.1) is 5.82 Å². The summed E-state index contributed by atoms with van der Waals surface area (Å²) in [4.78, 5) is 31.7. The third kappa shape index (κ3) is 3.26. The Labute approximate surface area is 202 Å². The van der Waals surface area contributed by atoms with Crippen molar-refractivity contribution in [3.8, 4) is 0 Å². The summed E-state index contributed by atoms with van der Waals surface area (Å²) in [6, 6.07) is 24.0. The smallest absolute Gasteiger partial charge is 0.269 e. The quantitative estimate of drug-likeness (QED) is 0.558. The number of nitrogens with zero attached hydrogens (tertiary/aromatic N) is 3. The molecule has 6 rings (SSSR count). The van der Waals surface area contributed by atoms with Crippen molar-refractivity contribution in [2.45, 2.75) is 17.2 Å². The van der Waals surface area contributed by atoms with E-state index in [1.54, 1.807) is 17.0 Å². The summed E-state index contributed by atoms with van der Waals surface area (Å²) in [7, 11) is 0. The topological polar surface area (TPSA) is 43.9 Å². The molecule has 2 amide bonds. The number of carbonyl (C=O) groups excluding carboxylic acids is 2. The normalized spacial score (nSPS) is 24.4. The first-order valence-corrected chi connectivity index (χ1v) is 12.5. The Morgan fingerprint density at radius 3 is 2.47 bits per heavy atom. The maximum Gasteiger partial charge on any atom is 0.269 e. The van der Waals surface area contributed by atoms with Gasteiger partial charge in [-0.3, -0.25) is 24.3 Å². The molecule has 0 aromatic heterocycles. The summed E-state index contributed by atoms with van der Waals surface area (Å²) in [5.41, 5.74) is 3.52. The van der Waals surface area contributed by atoms with Crippen LogP contribution < -0.4 is 9.80 Å². The molecule has 0 aliphatic carbocycles. The maximum absolute atomic E-state index is 14.1. The lowest BCUT2D eigenvalue weighted by molar-refractivity contribution is -0.123. The van der Waals surface area contributed by atoms with Crippen molar-refractivity contribution in [3.05, 3.63) is 95.8 Å². The third-order valence-corrected chi connectivity index (χ3v) is 8.42. The number of hydrogen-bond donors (Lipinski definition) is 0. The Balaban J connectivity index is 1.33. The molecule has 3 aromatic carbocycles. The maximum atomic E-state index is 14.1. The van der Waals surface area contributed by atoms with Gasteiger partial charge in [-0.1, -0.05) is 48.5 Å². The number of fused-ring (bicyclic) bond motifs is 2. The van der Waals surface area contributed by atoms with Crippen LogP contribution in [0.5, 0.6) is 0 Å². The molecule has 2 atom stereocenters. The van der Waals surface area contributed by atoms with E-state index in [9.17, 15) is 14.0 Å².